The number of likely N-dealkylation sites (tertiary alicyclic amines) is 1. The van der Waals surface area contributed by atoms with E-state index in [0.717, 1.165) is 4.47 Å². The van der Waals surface area contributed by atoms with Gasteiger partial charge in [-0.2, -0.15) is 0 Å². The first-order valence-corrected chi connectivity index (χ1v) is 9.60. The molecule has 1 aliphatic rings. The zero-order chi connectivity index (χ0) is 20.5. The summed E-state index contributed by atoms with van der Waals surface area (Å²) in [5.74, 6) is -1.17. The Kier molecular flexibility index (Phi) is 4.98. The van der Waals surface area contributed by atoms with Crippen molar-refractivity contribution in [2.45, 2.75) is 12.6 Å². The number of Topliss-reactive ketones (excluding diaryl/α,β-unsaturated/α-hetero) is 1. The minimum absolute atomic E-state index is 0.00503. The maximum atomic E-state index is 12.9. The van der Waals surface area contributed by atoms with Crippen molar-refractivity contribution in [2.24, 2.45) is 0 Å². The van der Waals surface area contributed by atoms with Crippen molar-refractivity contribution >= 4 is 33.4 Å². The van der Waals surface area contributed by atoms with Gasteiger partial charge in [-0.15, -0.1) is 0 Å². The molecule has 3 aromatic rings. The van der Waals surface area contributed by atoms with Crippen molar-refractivity contribution in [1.82, 2.24) is 4.90 Å². The minimum Gasteiger partial charge on any atom is -0.508 e. The van der Waals surface area contributed by atoms with Crippen molar-refractivity contribution in [3.05, 3.63) is 93.9 Å². The number of hydrogen-bond acceptors (Lipinski definition) is 5. The molecule has 2 aromatic carbocycles. The van der Waals surface area contributed by atoms with Crippen LogP contribution in [0, 0.1) is 0 Å². The number of furan rings is 1. The maximum absolute atomic E-state index is 12.9. The van der Waals surface area contributed by atoms with Crippen molar-refractivity contribution in [3.63, 3.8) is 0 Å². The van der Waals surface area contributed by atoms with Crippen LogP contribution in [0.25, 0.3) is 5.76 Å². The summed E-state index contributed by atoms with van der Waals surface area (Å²) < 4.78 is 6.17. The fourth-order valence-corrected chi connectivity index (χ4v) is 3.64. The fourth-order valence-electron chi connectivity index (χ4n) is 3.38. The number of phenols is 1. The molecular weight excluding hydrogens is 438 g/mol. The predicted molar refractivity (Wildman–Crippen MR) is 109 cm³/mol. The molecule has 1 unspecified atom stereocenters. The fraction of sp³-hybridized carbons (Fsp3) is 0.0909. The Hall–Kier alpha value is -3.32. The number of amides is 1. The highest BCUT2D eigenvalue weighted by molar-refractivity contribution is 9.10. The molecule has 0 saturated carbocycles. The van der Waals surface area contributed by atoms with Gasteiger partial charge in [-0.1, -0.05) is 40.2 Å². The van der Waals surface area contributed by atoms with Crippen LogP contribution in [0.1, 0.15) is 22.9 Å². The average Bonchev–Trinajstić information content (AvgIpc) is 3.31. The number of aromatic hydroxyl groups is 1. The van der Waals surface area contributed by atoms with Gasteiger partial charge in [0.05, 0.1) is 24.4 Å². The molecule has 0 spiro atoms. The second-order valence-corrected chi connectivity index (χ2v) is 7.52. The van der Waals surface area contributed by atoms with E-state index in [-0.39, 0.29) is 23.6 Å². The van der Waals surface area contributed by atoms with E-state index in [1.165, 1.54) is 23.3 Å². The molecule has 1 saturated heterocycles. The molecule has 146 valence electrons. The van der Waals surface area contributed by atoms with E-state index in [2.05, 4.69) is 15.9 Å². The number of benzene rings is 2. The Morgan fingerprint density at radius 1 is 1.03 bits per heavy atom. The maximum Gasteiger partial charge on any atom is 0.296 e. The standard InChI is InChI=1S/C22H16BrNO5/c23-15-7-3-14(4-8-15)20(26)18-19(13-5-9-16(25)10-6-13)24(22(28)21(18)27)12-17-2-1-11-29-17/h1-11,19,25-26H,12H2/b20-18+. The number of halogens is 1. The molecule has 1 aliphatic heterocycles. The number of carbonyl (C=O) groups is 2. The first-order valence-electron chi connectivity index (χ1n) is 8.81. The second-order valence-electron chi connectivity index (χ2n) is 6.60. The van der Waals surface area contributed by atoms with Crippen molar-refractivity contribution < 1.29 is 24.2 Å². The highest BCUT2D eigenvalue weighted by Crippen LogP contribution is 2.40. The predicted octanol–water partition coefficient (Wildman–Crippen LogP) is 4.37. The SMILES string of the molecule is O=C1C(=O)N(Cc2ccco2)C(c2ccc(O)cc2)/C1=C(\O)c1ccc(Br)cc1. The molecule has 2 N–H and O–H groups in total. The van der Waals surface area contributed by atoms with Gasteiger partial charge >= 0.3 is 0 Å². The van der Waals surface area contributed by atoms with Crippen LogP contribution in [0.2, 0.25) is 0 Å². The lowest BCUT2D eigenvalue weighted by Gasteiger charge is -2.24. The van der Waals surface area contributed by atoms with E-state index in [1.54, 1.807) is 48.5 Å². The Labute approximate surface area is 174 Å². The summed E-state index contributed by atoms with van der Waals surface area (Å²) in [4.78, 5) is 27.1. The molecule has 1 fully saturated rings. The van der Waals surface area contributed by atoms with Gasteiger partial charge in [-0.05, 0) is 42.0 Å². The lowest BCUT2D eigenvalue weighted by Crippen LogP contribution is -2.29. The molecule has 1 atom stereocenters. The van der Waals surface area contributed by atoms with Gasteiger partial charge in [0, 0.05) is 10.0 Å². The zero-order valence-electron chi connectivity index (χ0n) is 15.1. The van der Waals surface area contributed by atoms with Crippen LogP contribution in [0.3, 0.4) is 0 Å². The van der Waals surface area contributed by atoms with Crippen molar-refractivity contribution in [2.75, 3.05) is 0 Å². The van der Waals surface area contributed by atoms with E-state index in [4.69, 9.17) is 4.42 Å². The van der Waals surface area contributed by atoms with Crippen LogP contribution < -0.4 is 0 Å². The molecule has 1 amide bonds. The molecule has 2 heterocycles. The number of aliphatic hydroxyl groups is 1. The summed E-state index contributed by atoms with van der Waals surface area (Å²) in [6.07, 6.45) is 1.49. The molecule has 0 radical (unpaired) electrons. The second kappa shape index (κ2) is 7.60. The third-order valence-electron chi connectivity index (χ3n) is 4.77. The third-order valence-corrected chi connectivity index (χ3v) is 5.30. The summed E-state index contributed by atoms with van der Waals surface area (Å²) in [5.41, 5.74) is 1.01. The van der Waals surface area contributed by atoms with Crippen LogP contribution in [0.15, 0.2) is 81.4 Å². The summed E-state index contributed by atoms with van der Waals surface area (Å²) in [5, 5.41) is 20.5. The zero-order valence-corrected chi connectivity index (χ0v) is 16.7. The molecule has 1 aromatic heterocycles. The number of carbonyl (C=O) groups excluding carboxylic acids is 2. The Bertz CT molecular complexity index is 1090. The highest BCUT2D eigenvalue weighted by Gasteiger charge is 2.46. The van der Waals surface area contributed by atoms with Crippen LogP contribution in [0.4, 0.5) is 0 Å². The summed E-state index contributed by atoms with van der Waals surface area (Å²) in [6, 6.07) is 15.6. The quantitative estimate of drug-likeness (QED) is 0.347. The smallest absolute Gasteiger partial charge is 0.296 e. The summed E-state index contributed by atoms with van der Waals surface area (Å²) >= 11 is 3.34. The van der Waals surface area contributed by atoms with E-state index in [1.807, 2.05) is 0 Å². The van der Waals surface area contributed by atoms with E-state index >= 15 is 0 Å². The number of nitrogens with zero attached hydrogens (tertiary/aromatic N) is 1. The van der Waals surface area contributed by atoms with Gasteiger partial charge in [0.15, 0.2) is 0 Å². The summed E-state index contributed by atoms with van der Waals surface area (Å²) in [7, 11) is 0. The Balaban J connectivity index is 1.86. The van der Waals surface area contributed by atoms with Gasteiger partial charge in [-0.3, -0.25) is 9.59 Å². The van der Waals surface area contributed by atoms with Gasteiger partial charge in [0.25, 0.3) is 11.7 Å². The van der Waals surface area contributed by atoms with E-state index < -0.39 is 17.7 Å². The molecule has 4 rings (SSSR count). The lowest BCUT2D eigenvalue weighted by molar-refractivity contribution is -0.140. The summed E-state index contributed by atoms with van der Waals surface area (Å²) in [6.45, 7) is 0.0697. The molecule has 6 nitrogen and oxygen atoms in total. The molecule has 0 bridgehead atoms. The van der Waals surface area contributed by atoms with E-state index in [9.17, 15) is 19.8 Å². The molecule has 7 heteroatoms. The van der Waals surface area contributed by atoms with Crippen LogP contribution >= 0.6 is 15.9 Å². The monoisotopic (exact) mass is 453 g/mol. The largest absolute Gasteiger partial charge is 0.508 e. The average molecular weight is 454 g/mol. The first-order chi connectivity index (χ1) is 14.0. The normalized spacial score (nSPS) is 18.4. The lowest BCUT2D eigenvalue weighted by atomic mass is 9.95. The van der Waals surface area contributed by atoms with Crippen molar-refractivity contribution in [3.8, 4) is 5.75 Å². The topological polar surface area (TPSA) is 91.0 Å². The van der Waals surface area contributed by atoms with Crippen LogP contribution in [0.5, 0.6) is 5.75 Å². The number of aliphatic hydroxyl groups excluding tert-OH is 1. The Morgan fingerprint density at radius 2 is 1.72 bits per heavy atom. The van der Waals surface area contributed by atoms with Crippen LogP contribution in [-0.4, -0.2) is 26.8 Å². The molecular formula is C22H16BrNO5. The number of hydrogen-bond donors (Lipinski definition) is 2. The van der Waals surface area contributed by atoms with Gasteiger partial charge in [0.2, 0.25) is 0 Å². The van der Waals surface area contributed by atoms with Gasteiger partial charge in [-0.25, -0.2) is 0 Å². The minimum atomic E-state index is -0.815. The number of rotatable bonds is 4. The van der Waals surface area contributed by atoms with Gasteiger partial charge in [0.1, 0.15) is 17.3 Å². The molecule has 0 aliphatic carbocycles. The van der Waals surface area contributed by atoms with Gasteiger partial charge < -0.3 is 19.5 Å². The molecule has 29 heavy (non-hydrogen) atoms. The third kappa shape index (κ3) is 3.56. The van der Waals surface area contributed by atoms with E-state index in [0.29, 0.717) is 16.9 Å². The van der Waals surface area contributed by atoms with Crippen LogP contribution in [-0.2, 0) is 16.1 Å². The van der Waals surface area contributed by atoms with Crippen molar-refractivity contribution in [1.29, 1.82) is 0 Å². The number of phenolic OH excluding ortho intramolecular Hbond substituents is 1. The Morgan fingerprint density at radius 3 is 2.34 bits per heavy atom. The number of ketones is 1. The highest BCUT2D eigenvalue weighted by atomic mass is 79.9. The first kappa shape index (κ1) is 19.0.